The number of phenolic OH excluding ortho intramolecular Hbond substituents is 3. The molecule has 0 saturated heterocycles. The van der Waals surface area contributed by atoms with E-state index in [1.165, 1.54) is 0 Å². The largest absolute Gasteiger partial charge is 0.508 e. The zero-order valence-corrected chi connectivity index (χ0v) is 16.0. The van der Waals surface area contributed by atoms with Crippen LogP contribution in [-0.2, 0) is 26.2 Å². The summed E-state index contributed by atoms with van der Waals surface area (Å²) in [5, 5.41) is 26.1. The fraction of sp³-hybridized carbons (Fsp3) is 0. The van der Waals surface area contributed by atoms with E-state index < -0.39 is 0 Å². The van der Waals surface area contributed by atoms with E-state index in [2.05, 4.69) is 0 Å². The van der Waals surface area contributed by atoms with Crippen molar-refractivity contribution in [3.05, 3.63) is 72.8 Å². The van der Waals surface area contributed by atoms with Gasteiger partial charge in [0.15, 0.2) is 0 Å². The number of anilines is 3. The van der Waals surface area contributed by atoms with Gasteiger partial charge in [-0.25, -0.2) is 0 Å². The van der Waals surface area contributed by atoms with E-state index in [9.17, 15) is 0 Å². The number of nitrogens with two attached hydrogens (primary N) is 3. The van der Waals surface area contributed by atoms with E-state index in [-0.39, 0.29) is 43.5 Å². The van der Waals surface area contributed by atoms with Crippen molar-refractivity contribution in [2.45, 2.75) is 0 Å². The second kappa shape index (κ2) is 11.8. The van der Waals surface area contributed by atoms with Crippen LogP contribution < -0.4 is 17.2 Å². The molecular weight excluding hydrogens is 397 g/mol. The molecule has 0 fully saturated rings. The topological polar surface area (TPSA) is 139 Å². The van der Waals surface area contributed by atoms with Crippen LogP contribution in [0, 0.1) is 0 Å². The normalized spacial score (nSPS) is 8.64. The van der Waals surface area contributed by atoms with Gasteiger partial charge in [-0.3, -0.25) is 0 Å². The quantitative estimate of drug-likeness (QED) is 0.245. The van der Waals surface area contributed by atoms with Gasteiger partial charge in [0, 0.05) is 43.3 Å². The van der Waals surface area contributed by atoms with Crippen molar-refractivity contribution in [1.29, 1.82) is 0 Å². The standard InChI is InChI=1S/3C6H7NO.Zr/c3*7-5-1-3-6(8)4-2-5;/h3*1-4,8H,7H2;. The molecule has 0 bridgehead atoms. The Bertz CT molecular complexity index is 552. The third kappa shape index (κ3) is 10.7. The molecule has 3 rings (SSSR count). The Morgan fingerprint density at radius 2 is 0.560 bits per heavy atom. The van der Waals surface area contributed by atoms with Gasteiger partial charge >= 0.3 is 0 Å². The van der Waals surface area contributed by atoms with Gasteiger partial charge < -0.3 is 32.5 Å². The van der Waals surface area contributed by atoms with Crippen LogP contribution >= 0.6 is 0 Å². The number of hydrogen-bond acceptors (Lipinski definition) is 6. The fourth-order valence-corrected chi connectivity index (χ4v) is 1.42. The molecule has 0 aliphatic heterocycles. The summed E-state index contributed by atoms with van der Waals surface area (Å²) in [7, 11) is 0. The monoisotopic (exact) mass is 417 g/mol. The summed E-state index contributed by atoms with van der Waals surface area (Å²) < 4.78 is 0. The number of hydrogen-bond donors (Lipinski definition) is 6. The number of phenols is 3. The van der Waals surface area contributed by atoms with E-state index in [0.29, 0.717) is 17.1 Å². The molecule has 3 aromatic rings. The number of benzene rings is 3. The van der Waals surface area contributed by atoms with Crippen LogP contribution in [0.15, 0.2) is 72.8 Å². The summed E-state index contributed by atoms with van der Waals surface area (Å²) in [5.41, 5.74) is 18.0. The van der Waals surface area contributed by atoms with Crippen LogP contribution in [0.25, 0.3) is 0 Å². The van der Waals surface area contributed by atoms with Gasteiger partial charge in [0.1, 0.15) is 17.2 Å². The van der Waals surface area contributed by atoms with Gasteiger partial charge in [0.05, 0.1) is 0 Å². The molecule has 0 unspecified atom stereocenters. The molecule has 130 valence electrons. The summed E-state index contributed by atoms with van der Waals surface area (Å²) in [6.07, 6.45) is 0. The van der Waals surface area contributed by atoms with Gasteiger partial charge in [0.2, 0.25) is 0 Å². The second-order valence-corrected chi connectivity index (χ2v) is 4.77. The van der Waals surface area contributed by atoms with E-state index in [1.807, 2.05) is 0 Å². The average molecular weight is 419 g/mol. The van der Waals surface area contributed by atoms with Gasteiger partial charge in [-0.2, -0.15) is 0 Å². The summed E-state index contributed by atoms with van der Waals surface area (Å²) in [4.78, 5) is 0. The first-order chi connectivity index (χ1) is 11.4. The van der Waals surface area contributed by atoms with Gasteiger partial charge in [-0.15, -0.1) is 0 Å². The van der Waals surface area contributed by atoms with Crippen LogP contribution in [-0.4, -0.2) is 15.3 Å². The smallest absolute Gasteiger partial charge is 0.115 e. The first kappa shape index (κ1) is 22.3. The molecule has 0 radical (unpaired) electrons. The maximum Gasteiger partial charge on any atom is 0.115 e. The van der Waals surface area contributed by atoms with Crippen LogP contribution in [0.3, 0.4) is 0 Å². The van der Waals surface area contributed by atoms with E-state index >= 15 is 0 Å². The Morgan fingerprint density at radius 1 is 0.400 bits per heavy atom. The molecule has 0 spiro atoms. The maximum absolute atomic E-state index is 8.70. The predicted octanol–water partition coefficient (Wildman–Crippen LogP) is 2.92. The van der Waals surface area contributed by atoms with Crippen molar-refractivity contribution in [3.8, 4) is 17.2 Å². The van der Waals surface area contributed by atoms with Gasteiger partial charge in [0.25, 0.3) is 0 Å². The van der Waals surface area contributed by atoms with Crippen LogP contribution in [0.5, 0.6) is 17.2 Å². The molecule has 0 amide bonds. The van der Waals surface area contributed by atoms with Gasteiger partial charge in [-0.1, -0.05) is 0 Å². The molecule has 0 heterocycles. The Kier molecular flexibility index (Phi) is 10.6. The van der Waals surface area contributed by atoms with Crippen molar-refractivity contribution in [3.63, 3.8) is 0 Å². The molecule has 0 saturated carbocycles. The van der Waals surface area contributed by atoms with Crippen molar-refractivity contribution in [2.24, 2.45) is 0 Å². The SMILES string of the molecule is Nc1ccc(O)cc1.Nc1ccc(O)cc1.Nc1ccc(O)cc1.[Zr]. The van der Waals surface area contributed by atoms with E-state index in [4.69, 9.17) is 32.5 Å². The second-order valence-electron chi connectivity index (χ2n) is 4.77. The fourth-order valence-electron chi connectivity index (χ4n) is 1.42. The molecular formula is C18H21N3O3Zr. The van der Waals surface area contributed by atoms with Crippen molar-refractivity contribution >= 4 is 17.1 Å². The molecule has 0 aromatic heterocycles. The molecule has 3 aromatic carbocycles. The zero-order chi connectivity index (χ0) is 17.9. The molecule has 6 nitrogen and oxygen atoms in total. The summed E-state index contributed by atoms with van der Waals surface area (Å²) in [5.74, 6) is 0.748. The minimum absolute atomic E-state index is 0. The minimum atomic E-state index is 0. The van der Waals surface area contributed by atoms with Crippen molar-refractivity contribution < 1.29 is 41.5 Å². The number of aromatic hydroxyl groups is 3. The van der Waals surface area contributed by atoms with Gasteiger partial charge in [-0.05, 0) is 72.8 Å². The van der Waals surface area contributed by atoms with Crippen molar-refractivity contribution in [2.75, 3.05) is 17.2 Å². The third-order valence-electron chi connectivity index (χ3n) is 2.68. The van der Waals surface area contributed by atoms with Crippen LogP contribution in [0.2, 0.25) is 0 Å². The molecule has 0 atom stereocenters. The summed E-state index contributed by atoms with van der Waals surface area (Å²) in [6.45, 7) is 0. The Balaban J connectivity index is 0.000000339. The average Bonchev–Trinajstić information content (AvgIpc) is 2.57. The third-order valence-corrected chi connectivity index (χ3v) is 2.68. The molecule has 0 aliphatic carbocycles. The first-order valence-electron chi connectivity index (χ1n) is 7.00. The Morgan fingerprint density at radius 3 is 0.680 bits per heavy atom. The predicted molar refractivity (Wildman–Crippen MR) is 97.6 cm³/mol. The Hall–Kier alpha value is -2.66. The molecule has 9 N–H and O–H groups in total. The Labute approximate surface area is 165 Å². The summed E-state index contributed by atoms with van der Waals surface area (Å²) >= 11 is 0. The van der Waals surface area contributed by atoms with Crippen LogP contribution in [0.4, 0.5) is 17.1 Å². The molecule has 7 heteroatoms. The minimum Gasteiger partial charge on any atom is -0.508 e. The molecule has 25 heavy (non-hydrogen) atoms. The molecule has 0 aliphatic rings. The zero-order valence-electron chi connectivity index (χ0n) is 13.5. The van der Waals surface area contributed by atoms with E-state index in [0.717, 1.165) is 0 Å². The van der Waals surface area contributed by atoms with Crippen molar-refractivity contribution in [1.82, 2.24) is 0 Å². The maximum atomic E-state index is 8.70. The number of rotatable bonds is 0. The van der Waals surface area contributed by atoms with E-state index in [1.54, 1.807) is 72.8 Å². The first-order valence-corrected chi connectivity index (χ1v) is 7.00. The summed E-state index contributed by atoms with van der Waals surface area (Å²) in [6, 6.07) is 19.2. The number of nitrogen functional groups attached to an aromatic ring is 3. The van der Waals surface area contributed by atoms with Crippen LogP contribution in [0.1, 0.15) is 0 Å².